The first kappa shape index (κ1) is 22.9. The zero-order valence-electron chi connectivity index (χ0n) is 18.4. The molecule has 2 N–H and O–H groups in total. The number of β-amino-alcohol motifs (C(OH)–C–C–N with tert-alkyl or cyclic N) is 1. The number of aliphatic hydroxyl groups excluding tert-OH is 1. The number of hydrogen-bond acceptors (Lipinski definition) is 6. The van der Waals surface area contributed by atoms with Crippen LogP contribution in [0.2, 0.25) is 0 Å². The van der Waals surface area contributed by atoms with E-state index in [1.54, 1.807) is 12.1 Å². The Bertz CT molecular complexity index is 1200. The lowest BCUT2D eigenvalue weighted by molar-refractivity contribution is -0.384. The molecule has 1 aliphatic heterocycles. The van der Waals surface area contributed by atoms with E-state index in [4.69, 9.17) is 4.74 Å². The van der Waals surface area contributed by atoms with Crippen LogP contribution in [-0.4, -0.2) is 46.1 Å². The summed E-state index contributed by atoms with van der Waals surface area (Å²) in [5, 5.41) is 23.9. The second-order valence-electron chi connectivity index (χ2n) is 8.13. The number of nitrogens with zero attached hydrogens (tertiary/aromatic N) is 2. The smallest absolute Gasteiger partial charge is 0.325 e. The van der Waals surface area contributed by atoms with Crippen LogP contribution in [0.4, 0.5) is 10.5 Å². The summed E-state index contributed by atoms with van der Waals surface area (Å²) in [6.07, 6.45) is -1.11. The van der Waals surface area contributed by atoms with Gasteiger partial charge in [0.25, 0.3) is 11.6 Å². The number of benzene rings is 3. The van der Waals surface area contributed by atoms with Gasteiger partial charge in [0.2, 0.25) is 0 Å². The highest BCUT2D eigenvalue weighted by Gasteiger charge is 2.49. The fourth-order valence-electron chi connectivity index (χ4n) is 3.80. The number of nitro benzene ring substituents is 1. The van der Waals surface area contributed by atoms with Crippen LogP contribution in [0.25, 0.3) is 11.1 Å². The minimum Gasteiger partial charge on any atom is -0.491 e. The molecule has 3 aromatic carbocycles. The second kappa shape index (κ2) is 9.32. The number of carbonyl (C=O) groups excluding carboxylic acids is 2. The number of rotatable bonds is 8. The van der Waals surface area contributed by atoms with Crippen LogP contribution in [0.1, 0.15) is 12.5 Å². The van der Waals surface area contributed by atoms with Crippen molar-refractivity contribution >= 4 is 17.6 Å². The minimum absolute atomic E-state index is 0.115. The van der Waals surface area contributed by atoms with Gasteiger partial charge in [0.05, 0.1) is 11.5 Å². The molecule has 1 fully saturated rings. The quantitative estimate of drug-likeness (QED) is 0.301. The van der Waals surface area contributed by atoms with E-state index in [0.717, 1.165) is 16.0 Å². The molecule has 0 aromatic heterocycles. The van der Waals surface area contributed by atoms with Gasteiger partial charge >= 0.3 is 6.03 Å². The molecule has 1 heterocycles. The summed E-state index contributed by atoms with van der Waals surface area (Å²) in [6, 6.07) is 22.0. The molecule has 0 unspecified atom stereocenters. The van der Waals surface area contributed by atoms with Crippen molar-refractivity contribution in [3.63, 3.8) is 0 Å². The fraction of sp³-hybridized carbons (Fsp3) is 0.200. The third-order valence-electron chi connectivity index (χ3n) is 5.73. The highest BCUT2D eigenvalue weighted by Crippen LogP contribution is 2.30. The van der Waals surface area contributed by atoms with Crippen LogP contribution in [0.15, 0.2) is 78.9 Å². The standard InChI is InChI=1S/C25H23N3O6/c1-25(19-9-11-20(12-10-19)28(32)33)23(30)27(24(31)26-25)15-21(29)16-34-22-13-7-18(8-14-22)17-5-3-2-4-6-17/h2-14,21,29H,15-16H2,1H3,(H,26,31)/t21-,25+/m0/s1. The average molecular weight is 461 g/mol. The first-order valence-corrected chi connectivity index (χ1v) is 10.6. The second-order valence-corrected chi connectivity index (χ2v) is 8.13. The summed E-state index contributed by atoms with van der Waals surface area (Å²) in [5.41, 5.74) is 0.996. The number of ether oxygens (including phenoxy) is 1. The van der Waals surface area contributed by atoms with Gasteiger partial charge in [-0.2, -0.15) is 0 Å². The SMILES string of the molecule is C[C@]1(c2ccc([N+](=O)[O-])cc2)NC(=O)N(C[C@H](O)COc2ccc(-c3ccccc3)cc2)C1=O. The van der Waals surface area contributed by atoms with Crippen molar-refractivity contribution in [2.45, 2.75) is 18.6 Å². The number of urea groups is 1. The number of carbonyl (C=O) groups is 2. The van der Waals surface area contributed by atoms with E-state index in [-0.39, 0.29) is 18.8 Å². The average Bonchev–Trinajstić information content (AvgIpc) is 3.07. The summed E-state index contributed by atoms with van der Waals surface area (Å²) < 4.78 is 5.63. The Kier molecular flexibility index (Phi) is 6.29. The lowest BCUT2D eigenvalue weighted by Gasteiger charge is -2.23. The normalized spacial score (nSPS) is 18.5. The predicted octanol–water partition coefficient (Wildman–Crippen LogP) is 3.47. The van der Waals surface area contributed by atoms with Crippen molar-refractivity contribution in [3.05, 3.63) is 94.5 Å². The third-order valence-corrected chi connectivity index (χ3v) is 5.73. The minimum atomic E-state index is -1.39. The molecule has 0 bridgehead atoms. The number of nitrogens with one attached hydrogen (secondary N) is 1. The van der Waals surface area contributed by atoms with Crippen LogP contribution in [0.3, 0.4) is 0 Å². The van der Waals surface area contributed by atoms with E-state index in [1.807, 2.05) is 42.5 Å². The van der Waals surface area contributed by atoms with Crippen molar-refractivity contribution in [1.29, 1.82) is 0 Å². The largest absolute Gasteiger partial charge is 0.491 e. The van der Waals surface area contributed by atoms with Crippen molar-refractivity contribution in [2.24, 2.45) is 0 Å². The zero-order chi connectivity index (χ0) is 24.3. The van der Waals surface area contributed by atoms with Crippen molar-refractivity contribution in [3.8, 4) is 16.9 Å². The van der Waals surface area contributed by atoms with Gasteiger partial charge in [-0.05, 0) is 47.9 Å². The number of nitro groups is 1. The van der Waals surface area contributed by atoms with E-state index in [2.05, 4.69) is 5.32 Å². The summed E-state index contributed by atoms with van der Waals surface area (Å²) in [5.74, 6) is -0.00994. The first-order valence-electron chi connectivity index (χ1n) is 10.6. The topological polar surface area (TPSA) is 122 Å². The van der Waals surface area contributed by atoms with Crippen LogP contribution in [-0.2, 0) is 10.3 Å². The maximum atomic E-state index is 13.0. The van der Waals surface area contributed by atoms with E-state index in [9.17, 15) is 24.8 Å². The van der Waals surface area contributed by atoms with Crippen molar-refractivity contribution in [2.75, 3.05) is 13.2 Å². The van der Waals surface area contributed by atoms with Gasteiger partial charge in [-0.3, -0.25) is 19.8 Å². The molecule has 3 amide bonds. The van der Waals surface area contributed by atoms with Gasteiger partial charge in [0.1, 0.15) is 24.0 Å². The summed E-state index contributed by atoms with van der Waals surface area (Å²) in [4.78, 5) is 36.7. The molecule has 3 aromatic rings. The Balaban J connectivity index is 1.36. The fourth-order valence-corrected chi connectivity index (χ4v) is 3.80. The highest BCUT2D eigenvalue weighted by molar-refractivity contribution is 6.07. The number of amides is 3. The Morgan fingerprint density at radius 2 is 1.62 bits per heavy atom. The molecule has 0 aliphatic carbocycles. The van der Waals surface area contributed by atoms with Gasteiger partial charge in [-0.15, -0.1) is 0 Å². The number of non-ortho nitro benzene ring substituents is 1. The Morgan fingerprint density at radius 3 is 2.24 bits per heavy atom. The maximum Gasteiger partial charge on any atom is 0.325 e. The van der Waals surface area contributed by atoms with Crippen LogP contribution >= 0.6 is 0 Å². The molecule has 9 heteroatoms. The molecular weight excluding hydrogens is 438 g/mol. The van der Waals surface area contributed by atoms with Gasteiger partial charge in [-0.1, -0.05) is 42.5 Å². The number of imide groups is 1. The number of hydrogen-bond donors (Lipinski definition) is 2. The molecule has 0 saturated carbocycles. The molecule has 0 radical (unpaired) electrons. The molecule has 1 saturated heterocycles. The zero-order valence-corrected chi connectivity index (χ0v) is 18.4. The van der Waals surface area contributed by atoms with E-state index < -0.39 is 28.5 Å². The summed E-state index contributed by atoms with van der Waals surface area (Å²) >= 11 is 0. The first-order chi connectivity index (χ1) is 16.3. The highest BCUT2D eigenvalue weighted by atomic mass is 16.6. The monoisotopic (exact) mass is 461 g/mol. The van der Waals surface area contributed by atoms with Crippen LogP contribution < -0.4 is 10.1 Å². The number of aliphatic hydroxyl groups is 1. The Morgan fingerprint density at radius 1 is 1.00 bits per heavy atom. The molecular formula is C25H23N3O6. The third kappa shape index (κ3) is 4.60. The van der Waals surface area contributed by atoms with Gasteiger partial charge < -0.3 is 15.2 Å². The van der Waals surface area contributed by atoms with Crippen LogP contribution in [0, 0.1) is 10.1 Å². The van der Waals surface area contributed by atoms with E-state index in [1.165, 1.54) is 31.2 Å². The molecule has 9 nitrogen and oxygen atoms in total. The summed E-state index contributed by atoms with van der Waals surface area (Å²) in [6.45, 7) is 1.15. The van der Waals surface area contributed by atoms with Gasteiger partial charge in [0.15, 0.2) is 0 Å². The van der Waals surface area contributed by atoms with Crippen LogP contribution in [0.5, 0.6) is 5.75 Å². The molecule has 2 atom stereocenters. The summed E-state index contributed by atoms with van der Waals surface area (Å²) in [7, 11) is 0. The lowest BCUT2D eigenvalue weighted by atomic mass is 9.92. The van der Waals surface area contributed by atoms with Crippen molar-refractivity contribution in [1.82, 2.24) is 10.2 Å². The lowest BCUT2D eigenvalue weighted by Crippen LogP contribution is -2.42. The molecule has 4 rings (SSSR count). The molecule has 0 spiro atoms. The van der Waals surface area contributed by atoms with E-state index in [0.29, 0.717) is 11.3 Å². The predicted molar refractivity (Wildman–Crippen MR) is 124 cm³/mol. The van der Waals surface area contributed by atoms with Gasteiger partial charge in [0, 0.05) is 12.1 Å². The molecule has 34 heavy (non-hydrogen) atoms. The van der Waals surface area contributed by atoms with Gasteiger partial charge in [-0.25, -0.2) is 4.79 Å². The molecule has 1 aliphatic rings. The Labute approximate surface area is 195 Å². The molecule has 174 valence electrons. The maximum absolute atomic E-state index is 13.0. The Hall–Kier alpha value is -4.24. The van der Waals surface area contributed by atoms with Crippen molar-refractivity contribution < 1.29 is 24.4 Å². The van der Waals surface area contributed by atoms with E-state index >= 15 is 0 Å².